The number of alkyl halides is 2. The Morgan fingerprint density at radius 2 is 1.90 bits per heavy atom. The van der Waals surface area contributed by atoms with Gasteiger partial charge in [0.2, 0.25) is 0 Å². The molecule has 0 aliphatic carbocycles. The molecule has 112 valence electrons. The smallest absolute Gasteiger partial charge is 0.387 e. The SMILES string of the molecule is COc1cccnc1C(NN)c1ccc(OC(F)F)cc1. The fraction of sp³-hybridized carbons (Fsp3) is 0.214. The van der Waals surface area contributed by atoms with Crippen molar-refractivity contribution in [3.8, 4) is 11.5 Å². The molecule has 21 heavy (non-hydrogen) atoms. The third-order valence-electron chi connectivity index (χ3n) is 2.90. The first-order chi connectivity index (χ1) is 10.2. The van der Waals surface area contributed by atoms with Gasteiger partial charge in [-0.25, -0.2) is 5.43 Å². The van der Waals surface area contributed by atoms with Gasteiger partial charge in [-0.15, -0.1) is 0 Å². The lowest BCUT2D eigenvalue weighted by Crippen LogP contribution is -2.29. The van der Waals surface area contributed by atoms with E-state index < -0.39 is 12.7 Å². The lowest BCUT2D eigenvalue weighted by Gasteiger charge is -2.18. The number of nitrogens with two attached hydrogens (primary N) is 1. The van der Waals surface area contributed by atoms with E-state index in [-0.39, 0.29) is 5.75 Å². The van der Waals surface area contributed by atoms with Crippen molar-refractivity contribution in [2.24, 2.45) is 5.84 Å². The maximum Gasteiger partial charge on any atom is 0.387 e. The van der Waals surface area contributed by atoms with Gasteiger partial charge in [-0.2, -0.15) is 8.78 Å². The number of aromatic nitrogens is 1. The molecule has 1 aromatic carbocycles. The fourth-order valence-corrected chi connectivity index (χ4v) is 1.97. The molecule has 1 unspecified atom stereocenters. The van der Waals surface area contributed by atoms with Crippen LogP contribution < -0.4 is 20.7 Å². The van der Waals surface area contributed by atoms with Crippen LogP contribution in [0, 0.1) is 0 Å². The number of nitrogens with one attached hydrogen (secondary N) is 1. The van der Waals surface area contributed by atoms with Gasteiger partial charge in [0, 0.05) is 6.20 Å². The molecule has 7 heteroatoms. The maximum atomic E-state index is 12.1. The average Bonchev–Trinajstić information content (AvgIpc) is 2.49. The van der Waals surface area contributed by atoms with Gasteiger partial charge in [0.25, 0.3) is 0 Å². The molecular weight excluding hydrogens is 280 g/mol. The lowest BCUT2D eigenvalue weighted by molar-refractivity contribution is -0.0498. The molecule has 5 nitrogen and oxygen atoms in total. The molecule has 0 fully saturated rings. The van der Waals surface area contributed by atoms with Crippen molar-refractivity contribution < 1.29 is 18.3 Å². The summed E-state index contributed by atoms with van der Waals surface area (Å²) in [6, 6.07) is 9.24. The van der Waals surface area contributed by atoms with Crippen LogP contribution in [0.5, 0.6) is 11.5 Å². The van der Waals surface area contributed by atoms with Gasteiger partial charge in [0.05, 0.1) is 13.2 Å². The molecule has 1 atom stereocenters. The largest absolute Gasteiger partial charge is 0.495 e. The Bertz CT molecular complexity index is 579. The second-order valence-corrected chi connectivity index (χ2v) is 4.14. The monoisotopic (exact) mass is 295 g/mol. The van der Waals surface area contributed by atoms with E-state index in [0.717, 1.165) is 5.56 Å². The van der Waals surface area contributed by atoms with Crippen LogP contribution in [0.15, 0.2) is 42.6 Å². The molecule has 0 spiro atoms. The number of nitrogens with zero attached hydrogens (tertiary/aromatic N) is 1. The minimum atomic E-state index is -2.85. The lowest BCUT2D eigenvalue weighted by atomic mass is 10.0. The summed E-state index contributed by atoms with van der Waals surface area (Å²) in [7, 11) is 1.54. The van der Waals surface area contributed by atoms with Gasteiger partial charge in [-0.05, 0) is 29.8 Å². The summed E-state index contributed by atoms with van der Waals surface area (Å²) in [6.45, 7) is -2.85. The molecule has 0 saturated carbocycles. The molecule has 2 rings (SSSR count). The van der Waals surface area contributed by atoms with Gasteiger partial charge in [-0.3, -0.25) is 10.8 Å². The number of hydrogen-bond donors (Lipinski definition) is 2. The van der Waals surface area contributed by atoms with E-state index in [1.807, 2.05) is 0 Å². The van der Waals surface area contributed by atoms with Crippen LogP contribution >= 0.6 is 0 Å². The van der Waals surface area contributed by atoms with E-state index in [4.69, 9.17) is 10.6 Å². The van der Waals surface area contributed by atoms with E-state index in [1.165, 1.54) is 19.2 Å². The second kappa shape index (κ2) is 6.96. The first-order valence-electron chi connectivity index (χ1n) is 6.15. The van der Waals surface area contributed by atoms with Crippen LogP contribution in [-0.4, -0.2) is 18.7 Å². The van der Waals surface area contributed by atoms with Gasteiger partial charge in [-0.1, -0.05) is 12.1 Å². The Hall–Kier alpha value is -2.25. The Balaban J connectivity index is 2.29. The van der Waals surface area contributed by atoms with Crippen molar-refractivity contribution in [3.63, 3.8) is 0 Å². The van der Waals surface area contributed by atoms with E-state index in [2.05, 4.69) is 15.1 Å². The minimum absolute atomic E-state index is 0.0810. The molecule has 2 aromatic rings. The summed E-state index contributed by atoms with van der Waals surface area (Å²) in [5, 5.41) is 0. The van der Waals surface area contributed by atoms with Crippen LogP contribution in [0.1, 0.15) is 17.3 Å². The first kappa shape index (κ1) is 15.1. The zero-order chi connectivity index (χ0) is 15.2. The molecule has 0 aliphatic rings. The summed E-state index contributed by atoms with van der Waals surface area (Å²) >= 11 is 0. The number of hydrazine groups is 1. The van der Waals surface area contributed by atoms with Crippen molar-refractivity contribution in [2.45, 2.75) is 12.7 Å². The van der Waals surface area contributed by atoms with Gasteiger partial charge in [0.15, 0.2) is 0 Å². The van der Waals surface area contributed by atoms with Crippen molar-refractivity contribution in [3.05, 3.63) is 53.9 Å². The quantitative estimate of drug-likeness (QED) is 0.632. The van der Waals surface area contributed by atoms with Gasteiger partial charge >= 0.3 is 6.61 Å². The molecule has 3 N–H and O–H groups in total. The number of halogens is 2. The van der Waals surface area contributed by atoms with Crippen molar-refractivity contribution in [1.82, 2.24) is 10.4 Å². The highest BCUT2D eigenvalue weighted by Crippen LogP contribution is 2.28. The van der Waals surface area contributed by atoms with Crippen LogP contribution in [0.3, 0.4) is 0 Å². The highest BCUT2D eigenvalue weighted by molar-refractivity contribution is 5.38. The maximum absolute atomic E-state index is 12.1. The Morgan fingerprint density at radius 1 is 1.19 bits per heavy atom. The molecule has 0 bridgehead atoms. The zero-order valence-corrected chi connectivity index (χ0v) is 11.3. The summed E-state index contributed by atoms with van der Waals surface area (Å²) in [6.07, 6.45) is 1.62. The van der Waals surface area contributed by atoms with Crippen molar-refractivity contribution in [2.75, 3.05) is 7.11 Å². The molecule has 0 radical (unpaired) electrons. The third-order valence-corrected chi connectivity index (χ3v) is 2.90. The van der Waals surface area contributed by atoms with Gasteiger partial charge < -0.3 is 9.47 Å². The predicted octanol–water partition coefficient (Wildman–Crippen LogP) is 2.24. The zero-order valence-electron chi connectivity index (χ0n) is 11.3. The summed E-state index contributed by atoms with van der Waals surface area (Å²) < 4.78 is 33.8. The van der Waals surface area contributed by atoms with E-state index >= 15 is 0 Å². The highest BCUT2D eigenvalue weighted by atomic mass is 19.3. The van der Waals surface area contributed by atoms with Crippen molar-refractivity contribution in [1.29, 1.82) is 0 Å². The topological polar surface area (TPSA) is 69.4 Å². The number of methoxy groups -OCH3 is 1. The third kappa shape index (κ3) is 3.65. The predicted molar refractivity (Wildman–Crippen MR) is 73.0 cm³/mol. The molecule has 0 amide bonds. The number of rotatable bonds is 6. The van der Waals surface area contributed by atoms with E-state index in [9.17, 15) is 8.78 Å². The number of ether oxygens (including phenoxy) is 2. The average molecular weight is 295 g/mol. The molecule has 0 saturated heterocycles. The van der Waals surface area contributed by atoms with Crippen LogP contribution in [-0.2, 0) is 0 Å². The summed E-state index contributed by atoms with van der Waals surface area (Å²) in [5.74, 6) is 6.24. The fourth-order valence-electron chi connectivity index (χ4n) is 1.97. The van der Waals surface area contributed by atoms with Crippen LogP contribution in [0.2, 0.25) is 0 Å². The van der Waals surface area contributed by atoms with Crippen LogP contribution in [0.4, 0.5) is 8.78 Å². The summed E-state index contributed by atoms with van der Waals surface area (Å²) in [4.78, 5) is 4.25. The minimum Gasteiger partial charge on any atom is -0.495 e. The molecule has 1 heterocycles. The van der Waals surface area contributed by atoms with E-state index in [0.29, 0.717) is 11.4 Å². The normalized spacial score (nSPS) is 12.2. The highest BCUT2D eigenvalue weighted by Gasteiger charge is 2.18. The molecular formula is C14H15F2N3O2. The van der Waals surface area contributed by atoms with Crippen molar-refractivity contribution >= 4 is 0 Å². The molecule has 0 aliphatic heterocycles. The number of hydrogen-bond acceptors (Lipinski definition) is 5. The Morgan fingerprint density at radius 3 is 2.48 bits per heavy atom. The number of pyridine rings is 1. The summed E-state index contributed by atoms with van der Waals surface area (Å²) in [5.41, 5.74) is 3.99. The van der Waals surface area contributed by atoms with Crippen LogP contribution in [0.25, 0.3) is 0 Å². The van der Waals surface area contributed by atoms with Gasteiger partial charge in [0.1, 0.15) is 17.2 Å². The second-order valence-electron chi connectivity index (χ2n) is 4.14. The Labute approximate surface area is 120 Å². The Kier molecular flexibility index (Phi) is 5.02. The first-order valence-corrected chi connectivity index (χ1v) is 6.15. The van der Waals surface area contributed by atoms with E-state index in [1.54, 1.807) is 30.5 Å². The molecule has 1 aromatic heterocycles. The standard InChI is InChI=1S/C14H15F2N3O2/c1-20-11-3-2-8-18-13(11)12(19-17)9-4-6-10(7-5-9)21-14(15)16/h2-8,12,14,19H,17H2,1H3. The number of benzene rings is 1.